The lowest BCUT2D eigenvalue weighted by Gasteiger charge is -2.49. The van der Waals surface area contributed by atoms with Crippen LogP contribution in [0.25, 0.3) is 0 Å². The van der Waals surface area contributed by atoms with Crippen molar-refractivity contribution in [1.82, 2.24) is 9.80 Å². The summed E-state index contributed by atoms with van der Waals surface area (Å²) in [6.07, 6.45) is 4.72. The van der Waals surface area contributed by atoms with Crippen LogP contribution in [-0.4, -0.2) is 71.4 Å². The third-order valence-corrected chi connectivity index (χ3v) is 10.8. The topological polar surface area (TPSA) is 65.5 Å². The molecular weight excluding hydrogens is 476 g/mol. The number of fused-ring (bicyclic) bond motifs is 2. The Morgan fingerprint density at radius 3 is 2.26 bits per heavy atom. The molecule has 3 heterocycles. The molecule has 0 bridgehead atoms. The average Bonchev–Trinajstić information content (AvgIpc) is 3.63. The van der Waals surface area contributed by atoms with Gasteiger partial charge in [0.1, 0.15) is 11.7 Å². The van der Waals surface area contributed by atoms with E-state index in [1.54, 1.807) is 0 Å². The Bertz CT molecular complexity index is 1140. The van der Waals surface area contributed by atoms with Gasteiger partial charge in [0.05, 0.1) is 12.0 Å². The van der Waals surface area contributed by atoms with Gasteiger partial charge in [-0.2, -0.15) is 0 Å². The normalized spacial score (nSPS) is 39.1. The first-order valence-electron chi connectivity index (χ1n) is 14.6. The van der Waals surface area contributed by atoms with Crippen molar-refractivity contribution in [3.05, 3.63) is 71.8 Å². The lowest BCUT2D eigenvalue weighted by atomic mass is 9.53. The summed E-state index contributed by atoms with van der Waals surface area (Å²) in [5.41, 5.74) is 0.635. The summed E-state index contributed by atoms with van der Waals surface area (Å²) in [7, 11) is 0. The molecule has 2 saturated carbocycles. The Kier molecular flexibility index (Phi) is 5.79. The van der Waals surface area contributed by atoms with Gasteiger partial charge < -0.3 is 14.6 Å². The fourth-order valence-electron chi connectivity index (χ4n) is 8.85. The average molecular weight is 517 g/mol. The van der Waals surface area contributed by atoms with Gasteiger partial charge in [-0.1, -0.05) is 80.9 Å². The van der Waals surface area contributed by atoms with Crippen molar-refractivity contribution in [3.63, 3.8) is 0 Å². The lowest BCUT2D eigenvalue weighted by Crippen LogP contribution is -2.57. The minimum atomic E-state index is -1.19. The molecule has 3 aliphatic heterocycles. The standard InChI is InChI=1S/C32H40N2O4/c1-22-10-9-15-30(2)20-26-27(28-31(22,30)38-28)25(29(35)37-26)21-33-16-18-34(19-17-33)32(36,23-11-5-3-6-12-23)24-13-7-4-8-14-24/h3-8,11-14,22,25-28,36H,9-10,15-21H2,1-2H3/t22-,25-,26-,27+,28+,30+,31-/m1/s1. The van der Waals surface area contributed by atoms with Crippen LogP contribution >= 0.6 is 0 Å². The molecule has 0 radical (unpaired) electrons. The third-order valence-electron chi connectivity index (χ3n) is 10.8. The van der Waals surface area contributed by atoms with E-state index >= 15 is 0 Å². The number of rotatable bonds is 5. The molecule has 2 aliphatic carbocycles. The van der Waals surface area contributed by atoms with Gasteiger partial charge in [0.25, 0.3) is 0 Å². The Hall–Kier alpha value is -2.25. The first-order valence-corrected chi connectivity index (χ1v) is 14.6. The van der Waals surface area contributed by atoms with Gasteiger partial charge in [-0.05, 0) is 25.2 Å². The summed E-state index contributed by atoms with van der Waals surface area (Å²) in [5, 5.41) is 12.2. The highest BCUT2D eigenvalue weighted by molar-refractivity contribution is 5.76. The van der Waals surface area contributed by atoms with Crippen molar-refractivity contribution in [3.8, 4) is 0 Å². The van der Waals surface area contributed by atoms with Gasteiger partial charge >= 0.3 is 5.97 Å². The van der Waals surface area contributed by atoms with E-state index in [1.807, 2.05) is 60.7 Å². The molecule has 7 rings (SSSR count). The van der Waals surface area contributed by atoms with E-state index in [2.05, 4.69) is 23.6 Å². The molecule has 1 N–H and O–H groups in total. The van der Waals surface area contributed by atoms with E-state index < -0.39 is 5.72 Å². The molecule has 0 amide bonds. The summed E-state index contributed by atoms with van der Waals surface area (Å²) >= 11 is 0. The number of benzene rings is 2. The molecule has 2 aromatic carbocycles. The summed E-state index contributed by atoms with van der Waals surface area (Å²) in [6.45, 7) is 8.47. The second-order valence-corrected chi connectivity index (χ2v) is 12.7. The molecule has 6 nitrogen and oxygen atoms in total. The van der Waals surface area contributed by atoms with Crippen LogP contribution in [0, 0.1) is 23.2 Å². The van der Waals surface area contributed by atoms with Gasteiger partial charge in [-0.25, -0.2) is 0 Å². The zero-order valence-corrected chi connectivity index (χ0v) is 22.6. The van der Waals surface area contributed by atoms with Crippen LogP contribution in [0.3, 0.4) is 0 Å². The number of piperazine rings is 1. The van der Waals surface area contributed by atoms with Crippen LogP contribution in [0.15, 0.2) is 60.7 Å². The lowest BCUT2D eigenvalue weighted by molar-refractivity contribution is -0.147. The second kappa shape index (κ2) is 8.88. The van der Waals surface area contributed by atoms with E-state index in [0.717, 1.165) is 43.7 Å². The maximum Gasteiger partial charge on any atom is 0.311 e. The number of carbonyl (C=O) groups is 1. The van der Waals surface area contributed by atoms with Gasteiger partial charge in [0.15, 0.2) is 5.72 Å². The first-order chi connectivity index (χ1) is 18.4. The first kappa shape index (κ1) is 24.8. The minimum Gasteiger partial charge on any atom is -0.462 e. The zero-order valence-electron chi connectivity index (χ0n) is 22.6. The predicted molar refractivity (Wildman–Crippen MR) is 144 cm³/mol. The van der Waals surface area contributed by atoms with Crippen LogP contribution in [-0.2, 0) is 20.0 Å². The molecule has 6 heteroatoms. The van der Waals surface area contributed by atoms with Gasteiger partial charge in [-0.3, -0.25) is 14.6 Å². The largest absolute Gasteiger partial charge is 0.462 e. The summed E-state index contributed by atoms with van der Waals surface area (Å²) < 4.78 is 12.7. The van der Waals surface area contributed by atoms with Crippen LogP contribution in [0.5, 0.6) is 0 Å². The Morgan fingerprint density at radius 2 is 1.63 bits per heavy atom. The maximum atomic E-state index is 13.2. The van der Waals surface area contributed by atoms with Crippen LogP contribution in [0.4, 0.5) is 0 Å². The fourth-order valence-corrected chi connectivity index (χ4v) is 8.85. The van der Waals surface area contributed by atoms with E-state index in [4.69, 9.17) is 9.47 Å². The van der Waals surface area contributed by atoms with E-state index in [-0.39, 0.29) is 41.0 Å². The quantitative estimate of drug-likeness (QED) is 0.478. The zero-order chi connectivity index (χ0) is 26.1. The van der Waals surface area contributed by atoms with Crippen molar-refractivity contribution >= 4 is 5.97 Å². The smallest absolute Gasteiger partial charge is 0.311 e. The molecule has 2 aromatic rings. The van der Waals surface area contributed by atoms with E-state index in [0.29, 0.717) is 12.5 Å². The second-order valence-electron chi connectivity index (χ2n) is 12.7. The molecule has 7 atom stereocenters. The van der Waals surface area contributed by atoms with Crippen LogP contribution in [0.2, 0.25) is 0 Å². The minimum absolute atomic E-state index is 0.00836. The third kappa shape index (κ3) is 3.50. The summed E-state index contributed by atoms with van der Waals surface area (Å²) in [4.78, 5) is 17.8. The van der Waals surface area contributed by atoms with E-state index in [1.165, 1.54) is 19.3 Å². The van der Waals surface area contributed by atoms with E-state index in [9.17, 15) is 9.90 Å². The van der Waals surface area contributed by atoms with Gasteiger partial charge in [0.2, 0.25) is 0 Å². The molecule has 0 unspecified atom stereocenters. The maximum absolute atomic E-state index is 13.2. The Morgan fingerprint density at radius 1 is 1.00 bits per heavy atom. The van der Waals surface area contributed by atoms with Crippen molar-refractivity contribution in [1.29, 1.82) is 0 Å². The SMILES string of the molecule is C[C@@H]1CCC[C@@]2(C)C[C@H]3OC(=O)[C@H](CN4CCN(C(O)(c5ccccc5)c5ccccc5)CC4)[C@@H]3[C@@H]3O[C@]132. The number of hydrogen-bond donors (Lipinski definition) is 1. The van der Waals surface area contributed by atoms with Crippen molar-refractivity contribution in [2.24, 2.45) is 23.2 Å². The molecule has 0 aromatic heterocycles. The molecule has 5 aliphatic rings. The summed E-state index contributed by atoms with van der Waals surface area (Å²) in [5.74, 6) is 0.547. The molecule has 5 fully saturated rings. The molecule has 3 saturated heterocycles. The van der Waals surface area contributed by atoms with Crippen molar-refractivity contribution < 1.29 is 19.4 Å². The highest BCUT2D eigenvalue weighted by atomic mass is 16.6. The highest BCUT2D eigenvalue weighted by Gasteiger charge is 2.78. The fraction of sp³-hybridized carbons (Fsp3) is 0.594. The predicted octanol–water partition coefficient (Wildman–Crippen LogP) is 4.02. The number of nitrogens with zero attached hydrogens (tertiary/aromatic N) is 2. The van der Waals surface area contributed by atoms with Crippen molar-refractivity contribution in [2.45, 2.75) is 63.1 Å². The Balaban J connectivity index is 1.07. The van der Waals surface area contributed by atoms with Gasteiger partial charge in [-0.15, -0.1) is 0 Å². The number of hydrogen-bond acceptors (Lipinski definition) is 6. The van der Waals surface area contributed by atoms with Crippen molar-refractivity contribution in [2.75, 3.05) is 32.7 Å². The molecule has 202 valence electrons. The number of aliphatic hydroxyl groups is 1. The number of ether oxygens (including phenoxy) is 2. The van der Waals surface area contributed by atoms with Crippen LogP contribution in [0.1, 0.15) is 50.7 Å². The summed E-state index contributed by atoms with van der Waals surface area (Å²) in [6, 6.07) is 19.9. The van der Waals surface area contributed by atoms with Gasteiger partial charge in [0, 0.05) is 55.2 Å². The Labute approximate surface area is 225 Å². The molecule has 38 heavy (non-hydrogen) atoms. The number of carbonyl (C=O) groups excluding carboxylic acids is 1. The molecular formula is C32H40N2O4. The van der Waals surface area contributed by atoms with Crippen LogP contribution < -0.4 is 0 Å². The monoisotopic (exact) mass is 516 g/mol. The number of esters is 1. The number of epoxide rings is 1. The highest BCUT2D eigenvalue weighted by Crippen LogP contribution is 2.70. The molecule has 1 spiro atoms.